The van der Waals surface area contributed by atoms with Crippen molar-refractivity contribution in [1.82, 2.24) is 0 Å². The van der Waals surface area contributed by atoms with E-state index in [0.717, 1.165) is 36.2 Å². The van der Waals surface area contributed by atoms with Crippen molar-refractivity contribution < 1.29 is 27.5 Å². The first kappa shape index (κ1) is 19.5. The SMILES string of the molecule is CCc1ccc(NC(=O)[C@@H](C)OC(=O)c2ccc(C(F)(F)F)cc2)cc1. The number of carbonyl (C=O) groups is 2. The van der Waals surface area contributed by atoms with Crippen molar-refractivity contribution in [2.75, 3.05) is 5.32 Å². The number of rotatable bonds is 5. The predicted octanol–water partition coefficient (Wildman–Crippen LogP) is 4.45. The average Bonchev–Trinajstić information content (AvgIpc) is 2.61. The molecule has 0 heterocycles. The van der Waals surface area contributed by atoms with Crippen LogP contribution in [0.25, 0.3) is 0 Å². The van der Waals surface area contributed by atoms with Crippen LogP contribution in [-0.2, 0) is 22.1 Å². The predicted molar refractivity (Wildman–Crippen MR) is 90.8 cm³/mol. The summed E-state index contributed by atoms with van der Waals surface area (Å²) >= 11 is 0. The highest BCUT2D eigenvalue weighted by atomic mass is 19.4. The highest BCUT2D eigenvalue weighted by molar-refractivity contribution is 5.97. The average molecular weight is 365 g/mol. The maximum atomic E-state index is 12.5. The fraction of sp³-hybridized carbons (Fsp3) is 0.263. The molecule has 138 valence electrons. The van der Waals surface area contributed by atoms with Gasteiger partial charge in [-0.05, 0) is 55.3 Å². The van der Waals surface area contributed by atoms with Crippen LogP contribution in [0.1, 0.15) is 35.3 Å². The normalized spacial score (nSPS) is 12.3. The van der Waals surface area contributed by atoms with E-state index in [2.05, 4.69) is 5.32 Å². The van der Waals surface area contributed by atoms with Gasteiger partial charge in [-0.1, -0.05) is 19.1 Å². The number of carbonyl (C=O) groups excluding carboxylic acids is 2. The maximum absolute atomic E-state index is 12.5. The van der Waals surface area contributed by atoms with Gasteiger partial charge in [0.1, 0.15) is 0 Å². The number of ether oxygens (including phenoxy) is 1. The van der Waals surface area contributed by atoms with E-state index in [1.165, 1.54) is 6.92 Å². The number of anilines is 1. The van der Waals surface area contributed by atoms with Crippen molar-refractivity contribution in [2.24, 2.45) is 0 Å². The molecule has 0 aromatic heterocycles. The molecule has 0 saturated carbocycles. The summed E-state index contributed by atoms with van der Waals surface area (Å²) in [4.78, 5) is 24.1. The van der Waals surface area contributed by atoms with Gasteiger partial charge >= 0.3 is 12.1 Å². The highest BCUT2D eigenvalue weighted by Crippen LogP contribution is 2.29. The number of benzene rings is 2. The van der Waals surface area contributed by atoms with Gasteiger partial charge in [-0.3, -0.25) is 4.79 Å². The van der Waals surface area contributed by atoms with Crippen LogP contribution in [0, 0.1) is 0 Å². The molecule has 4 nitrogen and oxygen atoms in total. The van der Waals surface area contributed by atoms with E-state index in [9.17, 15) is 22.8 Å². The Morgan fingerprint density at radius 2 is 1.62 bits per heavy atom. The third kappa shape index (κ3) is 5.08. The molecule has 0 unspecified atom stereocenters. The summed E-state index contributed by atoms with van der Waals surface area (Å²) in [6, 6.07) is 10.8. The van der Waals surface area contributed by atoms with Crippen LogP contribution in [0.2, 0.25) is 0 Å². The summed E-state index contributed by atoms with van der Waals surface area (Å²) in [5, 5.41) is 2.61. The standard InChI is InChI=1S/C19H18F3NO3/c1-3-13-4-10-16(11-5-13)23-17(24)12(2)26-18(25)14-6-8-15(9-7-14)19(20,21)22/h4-12H,3H2,1-2H3,(H,23,24)/t12-/m1/s1. The number of hydrogen-bond acceptors (Lipinski definition) is 3. The molecule has 0 aliphatic heterocycles. The second-order valence-electron chi connectivity index (χ2n) is 5.66. The summed E-state index contributed by atoms with van der Waals surface area (Å²) in [5.74, 6) is -1.41. The Morgan fingerprint density at radius 3 is 2.12 bits per heavy atom. The molecule has 26 heavy (non-hydrogen) atoms. The van der Waals surface area contributed by atoms with Gasteiger partial charge in [0.05, 0.1) is 11.1 Å². The molecule has 2 rings (SSSR count). The van der Waals surface area contributed by atoms with Crippen LogP contribution in [0.3, 0.4) is 0 Å². The van der Waals surface area contributed by atoms with Crippen LogP contribution in [0.5, 0.6) is 0 Å². The topological polar surface area (TPSA) is 55.4 Å². The first-order valence-corrected chi connectivity index (χ1v) is 7.98. The van der Waals surface area contributed by atoms with E-state index >= 15 is 0 Å². The number of esters is 1. The van der Waals surface area contributed by atoms with Gasteiger partial charge in [-0.25, -0.2) is 4.79 Å². The molecule has 0 aliphatic rings. The van der Waals surface area contributed by atoms with Gasteiger partial charge in [0.25, 0.3) is 5.91 Å². The lowest BCUT2D eigenvalue weighted by atomic mass is 10.1. The highest BCUT2D eigenvalue weighted by Gasteiger charge is 2.30. The molecule has 0 spiro atoms. The van der Waals surface area contributed by atoms with Crippen LogP contribution >= 0.6 is 0 Å². The van der Waals surface area contributed by atoms with Crippen molar-refractivity contribution in [1.29, 1.82) is 0 Å². The molecular formula is C19H18F3NO3. The summed E-state index contributed by atoms with van der Waals surface area (Å²) in [6.45, 7) is 3.40. The number of amides is 1. The van der Waals surface area contributed by atoms with E-state index in [-0.39, 0.29) is 5.56 Å². The summed E-state index contributed by atoms with van der Waals surface area (Å²) < 4.78 is 42.6. The Balaban J connectivity index is 1.95. The lowest BCUT2D eigenvalue weighted by molar-refractivity contribution is -0.137. The van der Waals surface area contributed by atoms with Crippen molar-refractivity contribution >= 4 is 17.6 Å². The maximum Gasteiger partial charge on any atom is 0.416 e. The van der Waals surface area contributed by atoms with Gasteiger partial charge in [0.2, 0.25) is 0 Å². The minimum absolute atomic E-state index is 0.0649. The Bertz CT molecular complexity index is 768. The zero-order valence-electron chi connectivity index (χ0n) is 14.3. The van der Waals surface area contributed by atoms with Crippen molar-refractivity contribution in [3.05, 3.63) is 65.2 Å². The molecule has 0 radical (unpaired) electrons. The van der Waals surface area contributed by atoms with Crippen LogP contribution in [-0.4, -0.2) is 18.0 Å². The summed E-state index contributed by atoms with van der Waals surface area (Å²) in [5.41, 5.74) is 0.745. The number of halogens is 3. The van der Waals surface area contributed by atoms with Crippen LogP contribution in [0.15, 0.2) is 48.5 Å². The zero-order valence-corrected chi connectivity index (χ0v) is 14.3. The Hall–Kier alpha value is -2.83. The molecule has 0 aliphatic carbocycles. The fourth-order valence-electron chi connectivity index (χ4n) is 2.15. The lowest BCUT2D eigenvalue weighted by Crippen LogP contribution is -2.30. The molecule has 2 aromatic carbocycles. The number of alkyl halides is 3. The van der Waals surface area contributed by atoms with E-state index in [0.29, 0.717) is 5.69 Å². The molecule has 1 N–H and O–H groups in total. The van der Waals surface area contributed by atoms with Crippen LogP contribution < -0.4 is 5.32 Å². The second-order valence-corrected chi connectivity index (χ2v) is 5.66. The minimum atomic E-state index is -4.48. The largest absolute Gasteiger partial charge is 0.449 e. The summed E-state index contributed by atoms with van der Waals surface area (Å²) in [7, 11) is 0. The minimum Gasteiger partial charge on any atom is -0.449 e. The van der Waals surface area contributed by atoms with Gasteiger partial charge in [0.15, 0.2) is 6.10 Å². The summed E-state index contributed by atoms with van der Waals surface area (Å²) in [6.07, 6.45) is -4.71. The molecule has 1 amide bonds. The molecule has 0 bridgehead atoms. The fourth-order valence-corrected chi connectivity index (χ4v) is 2.15. The molecule has 1 atom stereocenters. The van der Waals surface area contributed by atoms with Gasteiger partial charge < -0.3 is 10.1 Å². The first-order valence-electron chi connectivity index (χ1n) is 7.98. The molecule has 7 heteroatoms. The molecule has 0 saturated heterocycles. The molecular weight excluding hydrogens is 347 g/mol. The quantitative estimate of drug-likeness (QED) is 0.797. The van der Waals surface area contributed by atoms with Gasteiger partial charge in [0, 0.05) is 5.69 Å². The number of nitrogens with one attached hydrogen (secondary N) is 1. The molecule has 0 fully saturated rings. The van der Waals surface area contributed by atoms with Gasteiger partial charge in [-0.15, -0.1) is 0 Å². The Kier molecular flexibility index (Phi) is 6.02. The Morgan fingerprint density at radius 1 is 1.04 bits per heavy atom. The lowest BCUT2D eigenvalue weighted by Gasteiger charge is -2.14. The van der Waals surface area contributed by atoms with Crippen molar-refractivity contribution in [3.8, 4) is 0 Å². The van der Waals surface area contributed by atoms with E-state index in [4.69, 9.17) is 4.74 Å². The van der Waals surface area contributed by atoms with E-state index in [1.807, 2.05) is 19.1 Å². The number of aryl methyl sites for hydroxylation is 1. The van der Waals surface area contributed by atoms with Gasteiger partial charge in [-0.2, -0.15) is 13.2 Å². The smallest absolute Gasteiger partial charge is 0.416 e. The third-order valence-corrected chi connectivity index (χ3v) is 3.73. The monoisotopic (exact) mass is 365 g/mol. The number of hydrogen-bond donors (Lipinski definition) is 1. The molecule has 2 aromatic rings. The van der Waals surface area contributed by atoms with Crippen molar-refractivity contribution in [2.45, 2.75) is 32.5 Å². The van der Waals surface area contributed by atoms with Crippen LogP contribution in [0.4, 0.5) is 18.9 Å². The zero-order chi connectivity index (χ0) is 19.3. The van der Waals surface area contributed by atoms with E-state index in [1.54, 1.807) is 12.1 Å². The van der Waals surface area contributed by atoms with E-state index < -0.39 is 29.7 Å². The van der Waals surface area contributed by atoms with Crippen molar-refractivity contribution in [3.63, 3.8) is 0 Å². The first-order chi connectivity index (χ1) is 12.2. The second kappa shape index (κ2) is 8.03. The Labute approximate surface area is 149 Å². The third-order valence-electron chi connectivity index (χ3n) is 3.73.